The topological polar surface area (TPSA) is 63.7 Å². The average Bonchev–Trinajstić information content (AvgIpc) is 2.54. The van der Waals surface area contributed by atoms with Gasteiger partial charge in [0.05, 0.1) is 15.9 Å². The van der Waals surface area contributed by atoms with Crippen LogP contribution >= 0.6 is 15.9 Å². The van der Waals surface area contributed by atoms with Crippen molar-refractivity contribution in [2.75, 3.05) is 10.4 Å². The molecule has 0 bridgehead atoms. The first-order valence-electron chi connectivity index (χ1n) is 6.08. The van der Waals surface area contributed by atoms with Gasteiger partial charge in [0.15, 0.2) is 0 Å². The van der Waals surface area contributed by atoms with Crippen LogP contribution in [0.15, 0.2) is 59.5 Å². The number of anilines is 1. The monoisotopic (exact) mass is 387 g/mol. The minimum Gasteiger partial charge on any atom is -0.271 e. The molecule has 2 aromatic carbocycles. The number of nitrogens with zero attached hydrogens (tertiary/aromatic N) is 1. The summed E-state index contributed by atoms with van der Waals surface area (Å²) in [6.07, 6.45) is 0. The Bertz CT molecular complexity index is 750. The average molecular weight is 388 g/mol. The van der Waals surface area contributed by atoms with E-state index in [1.54, 1.807) is 6.07 Å². The largest absolute Gasteiger partial charge is 0.318 e. The van der Waals surface area contributed by atoms with Gasteiger partial charge in [-0.15, -0.1) is 4.28 Å². The molecule has 8 heteroatoms. The van der Waals surface area contributed by atoms with E-state index in [-0.39, 0.29) is 15.9 Å². The zero-order chi connectivity index (χ0) is 16.2. The predicted molar refractivity (Wildman–Crippen MR) is 82.4 cm³/mol. The van der Waals surface area contributed by atoms with E-state index < -0.39 is 21.8 Å². The smallest absolute Gasteiger partial charge is 0.271 e. The lowest BCUT2D eigenvalue weighted by Crippen LogP contribution is -2.34. The first-order chi connectivity index (χ1) is 10.4. The van der Waals surface area contributed by atoms with E-state index in [1.807, 2.05) is 0 Å². The maximum absolute atomic E-state index is 13.0. The Morgan fingerprint density at radius 2 is 1.68 bits per heavy atom. The first-order valence-corrected chi connectivity index (χ1v) is 8.61. The van der Waals surface area contributed by atoms with E-state index in [9.17, 15) is 17.6 Å². The van der Waals surface area contributed by atoms with Gasteiger partial charge in [0.2, 0.25) is 0 Å². The molecule has 2 aromatic rings. The molecule has 116 valence electrons. The highest BCUT2D eigenvalue weighted by atomic mass is 79.9. The molecule has 0 N–H and O–H groups in total. The van der Waals surface area contributed by atoms with E-state index in [1.165, 1.54) is 36.4 Å². The molecular weight excluding hydrogens is 377 g/mol. The lowest BCUT2D eigenvalue weighted by atomic mass is 10.3. The first kappa shape index (κ1) is 16.6. The molecule has 0 unspecified atom stereocenters. The lowest BCUT2D eigenvalue weighted by Gasteiger charge is -2.20. The third-order valence-corrected chi connectivity index (χ3v) is 4.28. The van der Waals surface area contributed by atoms with Crippen LogP contribution in [0.1, 0.15) is 0 Å². The molecule has 0 radical (unpaired) electrons. The van der Waals surface area contributed by atoms with Crippen molar-refractivity contribution in [1.82, 2.24) is 0 Å². The Labute approximate surface area is 135 Å². The summed E-state index contributed by atoms with van der Waals surface area (Å²) in [5.74, 6) is -1.16. The predicted octanol–water partition coefficient (Wildman–Crippen LogP) is 2.87. The lowest BCUT2D eigenvalue weighted by molar-refractivity contribution is -0.120. The van der Waals surface area contributed by atoms with Gasteiger partial charge in [-0.1, -0.05) is 34.1 Å². The van der Waals surface area contributed by atoms with Gasteiger partial charge in [-0.05, 0) is 36.4 Å². The van der Waals surface area contributed by atoms with Crippen molar-refractivity contribution < 1.29 is 21.9 Å². The van der Waals surface area contributed by atoms with E-state index >= 15 is 0 Å². The van der Waals surface area contributed by atoms with Gasteiger partial charge in [0, 0.05) is 0 Å². The normalized spacial score (nSPS) is 11.2. The zero-order valence-electron chi connectivity index (χ0n) is 11.1. The van der Waals surface area contributed by atoms with Gasteiger partial charge >= 0.3 is 10.1 Å². The summed E-state index contributed by atoms with van der Waals surface area (Å²) >= 11 is 2.95. The third-order valence-electron chi connectivity index (χ3n) is 2.61. The molecule has 0 atom stereocenters. The summed E-state index contributed by atoms with van der Waals surface area (Å²) in [5, 5.41) is 0.450. The van der Waals surface area contributed by atoms with Crippen molar-refractivity contribution in [3.05, 3.63) is 60.4 Å². The summed E-state index contributed by atoms with van der Waals surface area (Å²) in [7, 11) is -4.18. The number of hydrogen-bond donors (Lipinski definition) is 0. The maximum atomic E-state index is 13.0. The van der Waals surface area contributed by atoms with Crippen molar-refractivity contribution in [1.29, 1.82) is 0 Å². The summed E-state index contributed by atoms with van der Waals surface area (Å²) in [4.78, 5) is 11.8. The quantitative estimate of drug-likeness (QED) is 0.584. The fraction of sp³-hybridized carbons (Fsp3) is 0.0714. The van der Waals surface area contributed by atoms with Crippen molar-refractivity contribution in [2.24, 2.45) is 0 Å². The molecule has 5 nitrogen and oxygen atoms in total. The Balaban J connectivity index is 2.35. The molecule has 0 aliphatic rings. The van der Waals surface area contributed by atoms with Crippen LogP contribution in [0.5, 0.6) is 0 Å². The molecule has 0 spiro atoms. The molecule has 0 heterocycles. The number of benzene rings is 2. The molecular formula is C14H11BrFNO4S. The fourth-order valence-corrected chi connectivity index (χ4v) is 2.76. The molecule has 2 rings (SSSR count). The van der Waals surface area contributed by atoms with Crippen LogP contribution < -0.4 is 5.06 Å². The minimum atomic E-state index is -4.18. The molecule has 0 saturated heterocycles. The van der Waals surface area contributed by atoms with Crippen LogP contribution in [0.2, 0.25) is 0 Å². The number of carbonyl (C=O) groups excluding carboxylic acids is 1. The standard InChI is InChI=1S/C14H11BrFNO4S/c15-10-14(18)17(12-8-6-11(16)7-9-12)21-22(19,20)13-4-2-1-3-5-13/h1-9H,10H2. The number of hydroxylamine groups is 1. The molecule has 0 aromatic heterocycles. The number of alkyl halides is 1. The number of hydrogen-bond acceptors (Lipinski definition) is 4. The van der Waals surface area contributed by atoms with Crippen LogP contribution in [-0.4, -0.2) is 19.7 Å². The Hall–Kier alpha value is -1.77. The summed E-state index contributed by atoms with van der Waals surface area (Å²) in [6.45, 7) is 0. The van der Waals surface area contributed by atoms with Crippen molar-refractivity contribution in [3.8, 4) is 0 Å². The Kier molecular flexibility index (Phi) is 5.28. The second-order valence-electron chi connectivity index (χ2n) is 4.14. The van der Waals surface area contributed by atoms with Crippen LogP contribution in [-0.2, 0) is 19.2 Å². The van der Waals surface area contributed by atoms with Gasteiger partial charge in [-0.2, -0.15) is 13.5 Å². The van der Waals surface area contributed by atoms with E-state index in [4.69, 9.17) is 4.28 Å². The second-order valence-corrected chi connectivity index (χ2v) is 6.23. The zero-order valence-corrected chi connectivity index (χ0v) is 13.6. The molecule has 1 amide bonds. The summed E-state index contributed by atoms with van der Waals surface area (Å²) in [6, 6.07) is 12.1. The molecule has 22 heavy (non-hydrogen) atoms. The maximum Gasteiger partial charge on any atom is 0.318 e. The van der Waals surface area contributed by atoms with Crippen LogP contribution in [0, 0.1) is 5.82 Å². The Morgan fingerprint density at radius 1 is 1.09 bits per heavy atom. The number of rotatable bonds is 5. The van der Waals surface area contributed by atoms with Crippen LogP contribution in [0.3, 0.4) is 0 Å². The van der Waals surface area contributed by atoms with Crippen LogP contribution in [0.4, 0.5) is 10.1 Å². The van der Waals surface area contributed by atoms with Gasteiger partial charge < -0.3 is 0 Å². The summed E-state index contributed by atoms with van der Waals surface area (Å²) < 4.78 is 42.3. The minimum absolute atomic E-state index is 0.0931. The molecule has 0 fully saturated rings. The van der Waals surface area contributed by atoms with Gasteiger partial charge in [-0.25, -0.2) is 4.39 Å². The van der Waals surface area contributed by atoms with Crippen molar-refractivity contribution in [3.63, 3.8) is 0 Å². The van der Waals surface area contributed by atoms with Gasteiger partial charge in [0.1, 0.15) is 5.82 Å². The second kappa shape index (κ2) is 6.99. The van der Waals surface area contributed by atoms with Crippen molar-refractivity contribution >= 4 is 37.6 Å². The van der Waals surface area contributed by atoms with E-state index in [2.05, 4.69) is 15.9 Å². The van der Waals surface area contributed by atoms with E-state index in [0.29, 0.717) is 5.06 Å². The number of carbonyl (C=O) groups is 1. The highest BCUT2D eigenvalue weighted by Gasteiger charge is 2.25. The highest BCUT2D eigenvalue weighted by Crippen LogP contribution is 2.21. The number of amides is 1. The third kappa shape index (κ3) is 3.90. The van der Waals surface area contributed by atoms with E-state index in [0.717, 1.165) is 12.1 Å². The number of halogens is 2. The van der Waals surface area contributed by atoms with Gasteiger partial charge in [0.25, 0.3) is 5.91 Å². The molecule has 0 saturated carbocycles. The molecule has 0 aliphatic heterocycles. The van der Waals surface area contributed by atoms with Gasteiger partial charge in [-0.3, -0.25) is 4.79 Å². The highest BCUT2D eigenvalue weighted by molar-refractivity contribution is 9.09. The Morgan fingerprint density at radius 3 is 2.23 bits per heavy atom. The SMILES string of the molecule is O=C(CBr)N(OS(=O)(=O)c1ccccc1)c1ccc(F)cc1. The van der Waals surface area contributed by atoms with Crippen LogP contribution in [0.25, 0.3) is 0 Å². The molecule has 0 aliphatic carbocycles. The summed E-state index contributed by atoms with van der Waals surface area (Å²) in [5.41, 5.74) is 0.102. The fourth-order valence-electron chi connectivity index (χ4n) is 1.59. The van der Waals surface area contributed by atoms with Crippen molar-refractivity contribution in [2.45, 2.75) is 4.90 Å².